The predicted octanol–water partition coefficient (Wildman–Crippen LogP) is 3.82. The van der Waals surface area contributed by atoms with Crippen LogP contribution in [0.4, 0.5) is 0 Å². The Kier molecular flexibility index (Phi) is 10.3. The number of hydrogen-bond donors (Lipinski definition) is 0. The van der Waals surface area contributed by atoms with Gasteiger partial charge in [0.1, 0.15) is 0 Å². The molecule has 0 amide bonds. The maximum atomic E-state index is 2.34. The van der Waals surface area contributed by atoms with Crippen LogP contribution in [-0.2, 0) is 0 Å². The van der Waals surface area contributed by atoms with Crippen LogP contribution in [0.5, 0.6) is 0 Å². The molecule has 0 saturated carbocycles. The normalized spacial score (nSPS) is 12.2. The zero-order valence-corrected chi connectivity index (χ0v) is 8.90. The molecule has 0 nitrogen and oxygen atoms in total. The van der Waals surface area contributed by atoms with E-state index in [1.807, 2.05) is 0 Å². The van der Waals surface area contributed by atoms with E-state index in [0.29, 0.717) is 0 Å². The van der Waals surface area contributed by atoms with E-state index in [1.165, 1.54) is 38.3 Å². The molecule has 0 rings (SSSR count). The van der Waals surface area contributed by atoms with Gasteiger partial charge in [0.2, 0.25) is 0 Å². The summed E-state index contributed by atoms with van der Waals surface area (Å²) >= 11 is 0. The molecule has 0 bridgehead atoms. The molecular weight excluding hydrogens is 151 g/mol. The van der Waals surface area contributed by atoms with Crippen molar-refractivity contribution in [1.29, 1.82) is 0 Å². The van der Waals surface area contributed by atoms with Crippen molar-refractivity contribution in [2.45, 2.75) is 39.0 Å². The molecule has 11 heavy (non-hydrogen) atoms. The molecule has 0 aliphatic rings. The van der Waals surface area contributed by atoms with E-state index in [-0.39, 0.29) is 0 Å². The fraction of sp³-hybridized carbons (Fsp3) is 0.800. The SMILES string of the molecule is CCCC=CCCCCPC. The summed E-state index contributed by atoms with van der Waals surface area (Å²) in [6.45, 7) is 4.51. The Bertz CT molecular complexity index is 86.9. The number of unbranched alkanes of at least 4 members (excludes halogenated alkanes) is 3. The second-order valence-electron chi connectivity index (χ2n) is 2.86. The lowest BCUT2D eigenvalue weighted by Gasteiger charge is -1.93. The first-order chi connectivity index (χ1) is 5.41. The summed E-state index contributed by atoms with van der Waals surface area (Å²) in [6.07, 6.45) is 12.7. The molecule has 0 fully saturated rings. The molecule has 0 aromatic carbocycles. The molecule has 0 aliphatic heterocycles. The lowest BCUT2D eigenvalue weighted by molar-refractivity contribution is 0.816. The van der Waals surface area contributed by atoms with Crippen molar-refractivity contribution in [3.05, 3.63) is 12.2 Å². The molecule has 0 N–H and O–H groups in total. The van der Waals surface area contributed by atoms with Crippen molar-refractivity contribution in [2.24, 2.45) is 0 Å². The minimum atomic E-state index is 1.15. The average Bonchev–Trinajstić information content (AvgIpc) is 2.03. The van der Waals surface area contributed by atoms with E-state index in [4.69, 9.17) is 0 Å². The van der Waals surface area contributed by atoms with Crippen molar-refractivity contribution in [2.75, 3.05) is 12.8 Å². The standard InChI is InChI=1S/C10H21P/c1-3-4-5-6-7-8-9-10-11-2/h5-6,11H,3-4,7-10H2,1-2H3. The van der Waals surface area contributed by atoms with Crippen LogP contribution in [0.3, 0.4) is 0 Å². The van der Waals surface area contributed by atoms with E-state index >= 15 is 0 Å². The zero-order chi connectivity index (χ0) is 8.36. The summed E-state index contributed by atoms with van der Waals surface area (Å²) in [5.74, 6) is 0. The van der Waals surface area contributed by atoms with Crippen LogP contribution in [0, 0.1) is 0 Å². The lowest BCUT2D eigenvalue weighted by Crippen LogP contribution is -1.75. The summed E-state index contributed by atoms with van der Waals surface area (Å²) in [4.78, 5) is 0. The molecule has 0 aromatic rings. The minimum absolute atomic E-state index is 1.15. The van der Waals surface area contributed by atoms with Crippen LogP contribution in [0.25, 0.3) is 0 Å². The van der Waals surface area contributed by atoms with Crippen LogP contribution < -0.4 is 0 Å². The minimum Gasteiger partial charge on any atom is -0.125 e. The second kappa shape index (κ2) is 10.2. The van der Waals surface area contributed by atoms with Gasteiger partial charge in [-0.05, 0) is 38.5 Å². The van der Waals surface area contributed by atoms with Crippen molar-refractivity contribution in [3.63, 3.8) is 0 Å². The first-order valence-corrected chi connectivity index (χ1v) is 6.42. The Morgan fingerprint density at radius 2 is 1.82 bits per heavy atom. The molecular formula is C10H21P. The number of allylic oxidation sites excluding steroid dienone is 2. The van der Waals surface area contributed by atoms with E-state index in [9.17, 15) is 0 Å². The summed E-state index contributed by atoms with van der Waals surface area (Å²) in [5.41, 5.74) is 0. The highest BCUT2D eigenvalue weighted by Crippen LogP contribution is 2.07. The highest BCUT2D eigenvalue weighted by molar-refractivity contribution is 7.36. The van der Waals surface area contributed by atoms with Gasteiger partial charge in [-0.1, -0.05) is 25.5 Å². The molecule has 66 valence electrons. The maximum absolute atomic E-state index is 2.34. The molecule has 0 spiro atoms. The van der Waals surface area contributed by atoms with Crippen molar-refractivity contribution in [1.82, 2.24) is 0 Å². The quantitative estimate of drug-likeness (QED) is 0.311. The van der Waals surface area contributed by atoms with E-state index in [1.54, 1.807) is 0 Å². The van der Waals surface area contributed by atoms with E-state index < -0.39 is 0 Å². The van der Waals surface area contributed by atoms with Gasteiger partial charge in [0.05, 0.1) is 0 Å². The van der Waals surface area contributed by atoms with Crippen molar-refractivity contribution >= 4 is 8.58 Å². The molecule has 0 aromatic heterocycles. The Balaban J connectivity index is 2.89. The average molecular weight is 172 g/mol. The summed E-state index contributed by atoms with van der Waals surface area (Å²) in [7, 11) is 1.15. The summed E-state index contributed by atoms with van der Waals surface area (Å²) < 4.78 is 0. The fourth-order valence-electron chi connectivity index (χ4n) is 0.966. The van der Waals surface area contributed by atoms with Gasteiger partial charge in [0.15, 0.2) is 0 Å². The molecule has 0 saturated heterocycles. The first-order valence-electron chi connectivity index (χ1n) is 4.71. The molecule has 0 radical (unpaired) electrons. The first kappa shape index (κ1) is 11.2. The van der Waals surface area contributed by atoms with Gasteiger partial charge in [0.25, 0.3) is 0 Å². The third-order valence-electron chi connectivity index (χ3n) is 1.67. The molecule has 1 unspecified atom stereocenters. The van der Waals surface area contributed by atoms with Gasteiger partial charge in [-0.15, -0.1) is 8.58 Å². The van der Waals surface area contributed by atoms with Crippen molar-refractivity contribution < 1.29 is 0 Å². The Morgan fingerprint density at radius 1 is 1.09 bits per heavy atom. The third-order valence-corrected chi connectivity index (χ3v) is 2.52. The van der Waals surface area contributed by atoms with Crippen LogP contribution in [0.1, 0.15) is 39.0 Å². The summed E-state index contributed by atoms with van der Waals surface area (Å²) in [5, 5.41) is 0. The van der Waals surface area contributed by atoms with E-state index in [2.05, 4.69) is 25.7 Å². The molecule has 0 aliphatic carbocycles. The highest BCUT2D eigenvalue weighted by Gasteiger charge is 1.83. The Hall–Kier alpha value is 0.170. The van der Waals surface area contributed by atoms with Crippen LogP contribution in [0.15, 0.2) is 12.2 Å². The molecule has 0 heterocycles. The Labute approximate surface area is 73.2 Å². The van der Waals surface area contributed by atoms with Crippen molar-refractivity contribution in [3.8, 4) is 0 Å². The van der Waals surface area contributed by atoms with Crippen LogP contribution in [-0.4, -0.2) is 12.8 Å². The maximum Gasteiger partial charge on any atom is -0.0351 e. The highest BCUT2D eigenvalue weighted by atomic mass is 31.1. The van der Waals surface area contributed by atoms with Gasteiger partial charge >= 0.3 is 0 Å². The molecule has 1 heteroatoms. The second-order valence-corrected chi connectivity index (χ2v) is 4.07. The summed E-state index contributed by atoms with van der Waals surface area (Å²) in [6, 6.07) is 0. The molecule has 1 atom stereocenters. The largest absolute Gasteiger partial charge is 0.125 e. The topological polar surface area (TPSA) is 0 Å². The van der Waals surface area contributed by atoms with E-state index in [0.717, 1.165) is 8.58 Å². The predicted molar refractivity (Wildman–Crippen MR) is 57.0 cm³/mol. The Morgan fingerprint density at radius 3 is 2.45 bits per heavy atom. The van der Waals surface area contributed by atoms with Gasteiger partial charge in [-0.25, -0.2) is 0 Å². The third kappa shape index (κ3) is 10.2. The lowest BCUT2D eigenvalue weighted by atomic mass is 10.2. The monoisotopic (exact) mass is 172 g/mol. The van der Waals surface area contributed by atoms with Gasteiger partial charge in [-0.3, -0.25) is 0 Å². The van der Waals surface area contributed by atoms with Gasteiger partial charge in [-0.2, -0.15) is 0 Å². The van der Waals surface area contributed by atoms with Crippen LogP contribution in [0.2, 0.25) is 0 Å². The fourth-order valence-corrected chi connectivity index (χ4v) is 1.57. The zero-order valence-electron chi connectivity index (χ0n) is 7.90. The van der Waals surface area contributed by atoms with Gasteiger partial charge in [0, 0.05) is 0 Å². The van der Waals surface area contributed by atoms with Gasteiger partial charge < -0.3 is 0 Å². The number of rotatable bonds is 7. The van der Waals surface area contributed by atoms with Crippen LogP contribution >= 0.6 is 8.58 Å². The smallest absolute Gasteiger partial charge is 0.0351 e. The number of hydrogen-bond acceptors (Lipinski definition) is 0.